The van der Waals surface area contributed by atoms with Crippen molar-refractivity contribution in [3.63, 3.8) is 0 Å². The summed E-state index contributed by atoms with van der Waals surface area (Å²) in [6.45, 7) is 0. The Hall–Kier alpha value is 1.72. The topological polar surface area (TPSA) is 0 Å². The minimum atomic E-state index is -2.11. The molecular weight excluding hydrogens is 144 g/mol. The van der Waals surface area contributed by atoms with Crippen LogP contribution in [0.5, 0.6) is 0 Å². The number of rotatable bonds is 0. The normalized spacial score (nSPS) is 6.00. The fourth-order valence-electron chi connectivity index (χ4n) is 0. The van der Waals surface area contributed by atoms with Crippen LogP contribution in [0.1, 0.15) is 0 Å². The molecule has 0 radical (unpaired) electrons. The van der Waals surface area contributed by atoms with Gasteiger partial charge in [0.1, 0.15) is 0 Å². The van der Waals surface area contributed by atoms with Gasteiger partial charge in [-0.05, 0) is 0 Å². The third-order valence-corrected chi connectivity index (χ3v) is 0. The molecule has 5 heteroatoms. The molecule has 0 bridgehead atoms. The van der Waals surface area contributed by atoms with Gasteiger partial charge in [-0.25, -0.2) is 0 Å². The van der Waals surface area contributed by atoms with E-state index in [1.54, 1.807) is 0 Å². The Labute approximate surface area is 81.0 Å². The first-order valence-corrected chi connectivity index (χ1v) is 0.945. The summed E-state index contributed by atoms with van der Waals surface area (Å²) in [5.41, 5.74) is 0. The van der Waals surface area contributed by atoms with Crippen LogP contribution in [0.3, 0.4) is 0 Å². The van der Waals surface area contributed by atoms with E-state index in [2.05, 4.69) is 11.6 Å². The predicted octanol–water partition coefficient (Wildman–Crippen LogP) is -1.23. The van der Waals surface area contributed by atoms with Gasteiger partial charge in [0, 0.05) is 0 Å². The molecule has 34 valence electrons. The average molecular weight is 145 g/mol. The van der Waals surface area contributed by atoms with Gasteiger partial charge in [0.15, 0.2) is 0 Å². The summed E-state index contributed by atoms with van der Waals surface area (Å²) in [6, 6.07) is 0. The summed E-state index contributed by atoms with van der Waals surface area (Å²) in [5.74, 6) is -2.11. The first-order valence-electron chi connectivity index (χ1n) is 0.567. The van der Waals surface area contributed by atoms with Gasteiger partial charge < -0.3 is 8.78 Å². The zero-order valence-corrected chi connectivity index (χ0v) is 6.92. The van der Waals surface area contributed by atoms with E-state index in [1.165, 1.54) is 0 Å². The molecule has 0 aromatic heterocycles. The quantitative estimate of drug-likeness (QED) is 0.295. The van der Waals surface area contributed by atoms with E-state index in [9.17, 15) is 8.78 Å². The largest absolute Gasteiger partial charge is 1.00 e. The molecule has 0 saturated carbocycles. The van der Waals surface area contributed by atoms with Gasteiger partial charge in [-0.2, -0.15) is 0 Å². The van der Waals surface area contributed by atoms with Crippen LogP contribution in [0.15, 0.2) is 0 Å². The van der Waals surface area contributed by atoms with E-state index < -0.39 is 5.88 Å². The van der Waals surface area contributed by atoms with Crippen LogP contribution in [0.2, 0.25) is 0 Å². The van der Waals surface area contributed by atoms with E-state index in [1.807, 2.05) is 0 Å². The average Bonchev–Trinajstić information content (AvgIpc) is 0.811. The van der Waals surface area contributed by atoms with Gasteiger partial charge in [-0.1, -0.05) is 0 Å². The molecule has 0 aromatic carbocycles. The SMILES string of the molecule is F.F[C-](F)Cl.[K+]. The standard InChI is InChI=1S/CClF2.FH.K/c2-1(3)4;;/h;1H;/q-1;;+1. The van der Waals surface area contributed by atoms with Crippen LogP contribution in [-0.2, 0) is 0 Å². The molecule has 0 amide bonds. The molecule has 0 N–H and O–H groups in total. The molecule has 0 spiro atoms. The molecular formula is CHClF3K. The molecule has 0 fully saturated rings. The van der Waals surface area contributed by atoms with E-state index in [0.717, 1.165) is 0 Å². The molecule has 0 atom stereocenters. The summed E-state index contributed by atoms with van der Waals surface area (Å²) in [6.07, 6.45) is 0. The third-order valence-electron chi connectivity index (χ3n) is 0. The van der Waals surface area contributed by atoms with Gasteiger partial charge >= 0.3 is 51.4 Å². The predicted molar refractivity (Wildman–Crippen MR) is 13.8 cm³/mol. The zero-order valence-electron chi connectivity index (χ0n) is 3.04. The summed E-state index contributed by atoms with van der Waals surface area (Å²) in [4.78, 5) is 0. The number of hydrogen-bond acceptors (Lipinski definition) is 0. The van der Waals surface area contributed by atoms with Gasteiger partial charge in [0.2, 0.25) is 0 Å². The fourth-order valence-corrected chi connectivity index (χ4v) is 0. The summed E-state index contributed by atoms with van der Waals surface area (Å²) >= 11 is 3.86. The van der Waals surface area contributed by atoms with E-state index >= 15 is 0 Å². The first-order chi connectivity index (χ1) is 1.73. The second-order valence-corrected chi connectivity index (χ2v) is 0.500. The number of hydrogen-bond donors (Lipinski definition) is 0. The van der Waals surface area contributed by atoms with Crippen molar-refractivity contribution >= 4 is 11.6 Å². The zero-order chi connectivity index (χ0) is 3.58. The van der Waals surface area contributed by atoms with Crippen LogP contribution in [-0.4, -0.2) is 0 Å². The van der Waals surface area contributed by atoms with Crippen LogP contribution in [0, 0.1) is 5.88 Å². The maximum absolute atomic E-state index is 10.0. The fraction of sp³-hybridized carbons (Fsp3) is 0. The molecule has 0 aliphatic carbocycles. The van der Waals surface area contributed by atoms with Gasteiger partial charge in [-0.3, -0.25) is 16.3 Å². The molecule has 0 aliphatic heterocycles. The molecule has 0 aliphatic rings. The molecule has 6 heavy (non-hydrogen) atoms. The van der Waals surface area contributed by atoms with Crippen LogP contribution >= 0.6 is 11.6 Å². The van der Waals surface area contributed by atoms with E-state index in [4.69, 9.17) is 0 Å². The Kier molecular flexibility index (Phi) is 25.7. The molecule has 0 nitrogen and oxygen atoms in total. The Morgan fingerprint density at radius 1 is 1.33 bits per heavy atom. The summed E-state index contributed by atoms with van der Waals surface area (Å²) < 4.78 is 20.0. The van der Waals surface area contributed by atoms with Crippen molar-refractivity contribution in [2.24, 2.45) is 0 Å². The maximum Gasteiger partial charge on any atom is 1.00 e. The van der Waals surface area contributed by atoms with Crippen LogP contribution in [0.4, 0.5) is 13.5 Å². The second kappa shape index (κ2) is 9.87. The molecule has 0 saturated heterocycles. The van der Waals surface area contributed by atoms with E-state index in [-0.39, 0.29) is 56.1 Å². The summed E-state index contributed by atoms with van der Waals surface area (Å²) in [5, 5.41) is 0. The van der Waals surface area contributed by atoms with Gasteiger partial charge in [-0.15, -0.1) is 0 Å². The van der Waals surface area contributed by atoms with Crippen molar-refractivity contribution < 1.29 is 64.9 Å². The van der Waals surface area contributed by atoms with Crippen molar-refractivity contribution in [2.75, 3.05) is 0 Å². The van der Waals surface area contributed by atoms with Crippen molar-refractivity contribution in [1.29, 1.82) is 0 Å². The molecule has 0 rings (SSSR count). The van der Waals surface area contributed by atoms with Crippen molar-refractivity contribution in [3.8, 4) is 0 Å². The van der Waals surface area contributed by atoms with Crippen LogP contribution < -0.4 is 51.4 Å². The second-order valence-electron chi connectivity index (χ2n) is 0.214. The Morgan fingerprint density at radius 2 is 1.33 bits per heavy atom. The molecule has 0 aromatic rings. The van der Waals surface area contributed by atoms with Crippen LogP contribution in [0.25, 0.3) is 0 Å². The number of halogens is 4. The van der Waals surface area contributed by atoms with Crippen molar-refractivity contribution in [3.05, 3.63) is 5.88 Å². The monoisotopic (exact) mass is 144 g/mol. The van der Waals surface area contributed by atoms with Gasteiger partial charge in [0.05, 0.1) is 5.88 Å². The molecule has 0 unspecified atom stereocenters. The van der Waals surface area contributed by atoms with Gasteiger partial charge in [0.25, 0.3) is 0 Å². The third kappa shape index (κ3) is 43.2. The summed E-state index contributed by atoms with van der Waals surface area (Å²) in [7, 11) is 0. The van der Waals surface area contributed by atoms with Crippen molar-refractivity contribution in [1.82, 2.24) is 0 Å². The smallest absolute Gasteiger partial charge is 0.404 e. The Morgan fingerprint density at radius 3 is 1.33 bits per heavy atom. The molecule has 0 heterocycles. The minimum Gasteiger partial charge on any atom is -0.404 e. The Balaban J connectivity index is -0.0000000450. The first kappa shape index (κ1) is 15.6. The minimum absolute atomic E-state index is 0. The Bertz CT molecular complexity index is 15.5. The van der Waals surface area contributed by atoms with Crippen molar-refractivity contribution in [2.45, 2.75) is 0 Å². The van der Waals surface area contributed by atoms with E-state index in [0.29, 0.717) is 0 Å². The maximum atomic E-state index is 10.0.